The lowest BCUT2D eigenvalue weighted by molar-refractivity contribution is -0.137. The van der Waals surface area contributed by atoms with E-state index in [0.29, 0.717) is 12.1 Å². The van der Waals surface area contributed by atoms with E-state index in [2.05, 4.69) is 10.9 Å². The lowest BCUT2D eigenvalue weighted by Crippen LogP contribution is -2.30. The maximum Gasteiger partial charge on any atom is 0.418 e. The van der Waals surface area contributed by atoms with Crippen molar-refractivity contribution in [3.05, 3.63) is 64.7 Å². The Morgan fingerprint density at radius 1 is 1.15 bits per heavy atom. The van der Waals surface area contributed by atoms with E-state index >= 15 is 0 Å². The molecule has 0 atom stereocenters. The molecule has 0 unspecified atom stereocenters. The fourth-order valence-electron chi connectivity index (χ4n) is 2.28. The van der Waals surface area contributed by atoms with Gasteiger partial charge >= 0.3 is 6.18 Å². The third kappa shape index (κ3) is 4.97. The van der Waals surface area contributed by atoms with Crippen LogP contribution in [0, 0.1) is 11.3 Å². The molecular formula is C18H17F3N4O. The summed E-state index contributed by atoms with van der Waals surface area (Å²) in [4.78, 5) is 14.1. The number of hydrogen-bond donors (Lipinski definition) is 2. The maximum atomic E-state index is 13.1. The van der Waals surface area contributed by atoms with E-state index in [1.165, 1.54) is 6.07 Å². The molecule has 0 spiro atoms. The summed E-state index contributed by atoms with van der Waals surface area (Å²) in [5, 5.41) is 8.75. The molecule has 0 aliphatic rings. The van der Waals surface area contributed by atoms with E-state index in [0.717, 1.165) is 17.7 Å². The van der Waals surface area contributed by atoms with E-state index in [9.17, 15) is 18.0 Å². The van der Waals surface area contributed by atoms with Crippen LogP contribution in [0.2, 0.25) is 0 Å². The second-order valence-electron chi connectivity index (χ2n) is 5.88. The van der Waals surface area contributed by atoms with Crippen molar-refractivity contribution in [3.63, 3.8) is 0 Å². The second-order valence-corrected chi connectivity index (χ2v) is 5.88. The van der Waals surface area contributed by atoms with Crippen LogP contribution in [-0.2, 0) is 12.7 Å². The molecule has 0 bridgehead atoms. The number of carbonyl (C=O) groups excluding carboxylic acids is 1. The molecule has 0 radical (unpaired) electrons. The number of nitriles is 1. The van der Waals surface area contributed by atoms with Crippen molar-refractivity contribution in [2.45, 2.75) is 12.7 Å². The maximum absolute atomic E-state index is 13.1. The van der Waals surface area contributed by atoms with Crippen LogP contribution in [0.3, 0.4) is 0 Å². The van der Waals surface area contributed by atoms with Crippen molar-refractivity contribution in [1.82, 2.24) is 10.3 Å². The summed E-state index contributed by atoms with van der Waals surface area (Å²) >= 11 is 0. The fourth-order valence-corrected chi connectivity index (χ4v) is 2.28. The first-order valence-corrected chi connectivity index (χ1v) is 7.62. The zero-order valence-electron chi connectivity index (χ0n) is 14.2. The Labute approximate surface area is 149 Å². The molecule has 0 aromatic heterocycles. The molecule has 0 fully saturated rings. The smallest absolute Gasteiger partial charge is 0.305 e. The van der Waals surface area contributed by atoms with Gasteiger partial charge in [0.2, 0.25) is 0 Å². The van der Waals surface area contributed by atoms with Crippen molar-refractivity contribution in [2.24, 2.45) is 0 Å². The molecule has 2 rings (SSSR count). The van der Waals surface area contributed by atoms with Gasteiger partial charge in [-0.2, -0.15) is 18.4 Å². The van der Waals surface area contributed by atoms with E-state index in [-0.39, 0.29) is 11.3 Å². The number of hydrogen-bond acceptors (Lipinski definition) is 4. The predicted octanol–water partition coefficient (Wildman–Crippen LogP) is 3.40. The fraction of sp³-hybridized carbons (Fsp3) is 0.222. The van der Waals surface area contributed by atoms with Gasteiger partial charge in [0.05, 0.1) is 22.9 Å². The van der Waals surface area contributed by atoms with Crippen molar-refractivity contribution < 1.29 is 18.0 Å². The molecule has 8 heteroatoms. The highest BCUT2D eigenvalue weighted by atomic mass is 19.4. The molecule has 0 aliphatic heterocycles. The van der Waals surface area contributed by atoms with Crippen molar-refractivity contribution in [1.29, 1.82) is 5.26 Å². The van der Waals surface area contributed by atoms with Crippen LogP contribution < -0.4 is 10.9 Å². The first-order chi connectivity index (χ1) is 12.2. The molecule has 2 aromatic rings. The molecule has 5 nitrogen and oxygen atoms in total. The van der Waals surface area contributed by atoms with Gasteiger partial charge in [0.15, 0.2) is 0 Å². The molecule has 136 valence electrons. The highest BCUT2D eigenvalue weighted by Crippen LogP contribution is 2.35. The molecule has 26 heavy (non-hydrogen) atoms. The second kappa shape index (κ2) is 7.89. The monoisotopic (exact) mass is 362 g/mol. The number of halogens is 3. The SMILES string of the molecule is CN(C)Cc1ccc(C(=O)NNc2ccc(C#N)cc2C(F)(F)F)cc1. The average molecular weight is 362 g/mol. The van der Waals surface area contributed by atoms with Crippen LogP contribution in [0.1, 0.15) is 27.0 Å². The summed E-state index contributed by atoms with van der Waals surface area (Å²) in [5.41, 5.74) is 4.35. The third-order valence-corrected chi connectivity index (χ3v) is 3.48. The Kier molecular flexibility index (Phi) is 5.85. The number of benzene rings is 2. The summed E-state index contributed by atoms with van der Waals surface area (Å²) in [6, 6.07) is 11.5. The number of amides is 1. The lowest BCUT2D eigenvalue weighted by Gasteiger charge is -2.15. The molecule has 2 N–H and O–H groups in total. The van der Waals surface area contributed by atoms with Gasteiger partial charge in [-0.3, -0.25) is 15.6 Å². The number of rotatable bonds is 5. The van der Waals surface area contributed by atoms with Crippen LogP contribution in [0.4, 0.5) is 18.9 Å². The van der Waals surface area contributed by atoms with Gasteiger partial charge in [-0.15, -0.1) is 0 Å². The highest BCUT2D eigenvalue weighted by Gasteiger charge is 2.34. The minimum Gasteiger partial charge on any atom is -0.305 e. The Bertz CT molecular complexity index is 824. The zero-order valence-corrected chi connectivity index (χ0v) is 14.2. The summed E-state index contributed by atoms with van der Waals surface area (Å²) in [5.74, 6) is -0.570. The quantitative estimate of drug-likeness (QED) is 0.800. The minimum atomic E-state index is -4.66. The van der Waals surface area contributed by atoms with Gasteiger partial charge in [0.25, 0.3) is 5.91 Å². The molecular weight excluding hydrogens is 345 g/mol. The molecule has 1 amide bonds. The van der Waals surface area contributed by atoms with Gasteiger partial charge in [0.1, 0.15) is 0 Å². The number of anilines is 1. The standard InChI is InChI=1S/C18H17F3N4O/c1-25(2)11-12-3-6-14(7-4-12)17(26)24-23-16-8-5-13(10-22)9-15(16)18(19,20)21/h3-9,23H,11H2,1-2H3,(H,24,26). The average Bonchev–Trinajstić information content (AvgIpc) is 2.59. The normalized spacial score (nSPS) is 11.1. The van der Waals surface area contributed by atoms with Gasteiger partial charge in [0, 0.05) is 12.1 Å². The number of nitrogens with one attached hydrogen (secondary N) is 2. The van der Waals surface area contributed by atoms with Crippen molar-refractivity contribution >= 4 is 11.6 Å². The Balaban J connectivity index is 2.11. The van der Waals surface area contributed by atoms with Crippen LogP contribution in [0.25, 0.3) is 0 Å². The third-order valence-electron chi connectivity index (χ3n) is 3.48. The van der Waals surface area contributed by atoms with Gasteiger partial charge in [-0.1, -0.05) is 12.1 Å². The summed E-state index contributed by atoms with van der Waals surface area (Å²) in [6.07, 6.45) is -4.66. The highest BCUT2D eigenvalue weighted by molar-refractivity contribution is 5.95. The Morgan fingerprint density at radius 3 is 2.35 bits per heavy atom. The van der Waals surface area contributed by atoms with E-state index in [4.69, 9.17) is 5.26 Å². The van der Waals surface area contributed by atoms with Crippen LogP contribution in [0.5, 0.6) is 0 Å². The van der Waals surface area contributed by atoms with E-state index < -0.39 is 17.6 Å². The van der Waals surface area contributed by atoms with E-state index in [1.807, 2.05) is 19.0 Å². The first-order valence-electron chi connectivity index (χ1n) is 7.62. The topological polar surface area (TPSA) is 68.2 Å². The van der Waals surface area contributed by atoms with Crippen molar-refractivity contribution in [2.75, 3.05) is 19.5 Å². The summed E-state index contributed by atoms with van der Waals surface area (Å²) in [6.45, 7) is 0.709. The van der Waals surface area contributed by atoms with Crippen LogP contribution in [-0.4, -0.2) is 24.9 Å². The molecule has 0 heterocycles. The molecule has 0 aliphatic carbocycles. The van der Waals surface area contributed by atoms with Crippen molar-refractivity contribution in [3.8, 4) is 6.07 Å². The largest absolute Gasteiger partial charge is 0.418 e. The van der Waals surface area contributed by atoms with Gasteiger partial charge in [-0.05, 0) is 50.0 Å². The Hall–Kier alpha value is -3.05. The van der Waals surface area contributed by atoms with Gasteiger partial charge in [-0.25, -0.2) is 0 Å². The van der Waals surface area contributed by atoms with Gasteiger partial charge < -0.3 is 4.90 Å². The van der Waals surface area contributed by atoms with Crippen LogP contribution >= 0.6 is 0 Å². The molecule has 0 saturated carbocycles. The number of alkyl halides is 3. The lowest BCUT2D eigenvalue weighted by atomic mass is 10.1. The number of nitrogens with zero attached hydrogens (tertiary/aromatic N) is 2. The minimum absolute atomic E-state index is 0.120. The zero-order chi connectivity index (χ0) is 19.3. The predicted molar refractivity (Wildman–Crippen MR) is 91.1 cm³/mol. The summed E-state index contributed by atoms with van der Waals surface area (Å²) < 4.78 is 39.3. The van der Waals surface area contributed by atoms with Crippen LogP contribution in [0.15, 0.2) is 42.5 Å². The first kappa shape index (κ1) is 19.3. The number of carbonyl (C=O) groups is 1. The molecule has 2 aromatic carbocycles. The Morgan fingerprint density at radius 2 is 1.81 bits per heavy atom. The number of hydrazine groups is 1. The summed E-state index contributed by atoms with van der Waals surface area (Å²) in [7, 11) is 3.83. The molecule has 0 saturated heterocycles. The van der Waals surface area contributed by atoms with E-state index in [1.54, 1.807) is 30.3 Å².